The van der Waals surface area contributed by atoms with Gasteiger partial charge in [0.2, 0.25) is 10.0 Å². The number of aromatic nitrogens is 3. The first-order valence-electron chi connectivity index (χ1n) is 5.54. The Morgan fingerprint density at radius 1 is 1.35 bits per heavy atom. The van der Waals surface area contributed by atoms with E-state index in [0.717, 1.165) is 5.56 Å². The Morgan fingerprint density at radius 3 is 2.50 bits per heavy atom. The average molecular weight is 296 g/mol. The van der Waals surface area contributed by atoms with Crippen molar-refractivity contribution in [3.05, 3.63) is 30.6 Å². The van der Waals surface area contributed by atoms with Gasteiger partial charge in [-0.3, -0.25) is 9.52 Å². The van der Waals surface area contributed by atoms with E-state index in [-0.39, 0.29) is 5.69 Å². The average Bonchev–Trinajstić information content (AvgIpc) is 2.74. The summed E-state index contributed by atoms with van der Waals surface area (Å²) in [4.78, 5) is 10.4. The summed E-state index contributed by atoms with van der Waals surface area (Å²) in [6, 6.07) is 6.40. The van der Waals surface area contributed by atoms with Crippen molar-refractivity contribution in [3.63, 3.8) is 0 Å². The molecule has 0 atom stereocenters. The van der Waals surface area contributed by atoms with Crippen molar-refractivity contribution >= 4 is 21.7 Å². The Kier molecular flexibility index (Phi) is 3.70. The van der Waals surface area contributed by atoms with Gasteiger partial charge in [-0.1, -0.05) is 0 Å². The third-order valence-electron chi connectivity index (χ3n) is 2.44. The molecular formula is C11H12N4O4S. The monoisotopic (exact) mass is 296 g/mol. The second kappa shape index (κ2) is 5.29. The standard InChI is InChI=1S/C11H12N4O4S/c1-15-7-12-13-11(15)8-2-4-9(5-3-8)14-20(18,19)6-10(16)17/h2-5,7,14H,6H2,1H3,(H,16,17). The van der Waals surface area contributed by atoms with Gasteiger partial charge in [0.15, 0.2) is 11.6 Å². The Balaban J connectivity index is 2.17. The molecule has 20 heavy (non-hydrogen) atoms. The summed E-state index contributed by atoms with van der Waals surface area (Å²) in [6.07, 6.45) is 1.55. The van der Waals surface area contributed by atoms with E-state index in [4.69, 9.17) is 5.11 Å². The van der Waals surface area contributed by atoms with E-state index in [0.29, 0.717) is 5.82 Å². The van der Waals surface area contributed by atoms with Crippen LogP contribution in [-0.2, 0) is 21.9 Å². The SMILES string of the molecule is Cn1cnnc1-c1ccc(NS(=O)(=O)CC(=O)O)cc1. The van der Waals surface area contributed by atoms with E-state index in [1.165, 1.54) is 12.1 Å². The third-order valence-corrected chi connectivity index (χ3v) is 3.62. The third kappa shape index (κ3) is 3.32. The van der Waals surface area contributed by atoms with Crippen LogP contribution in [0.2, 0.25) is 0 Å². The molecule has 1 aromatic heterocycles. The fourth-order valence-electron chi connectivity index (χ4n) is 1.61. The summed E-state index contributed by atoms with van der Waals surface area (Å²) in [6.45, 7) is 0. The zero-order valence-electron chi connectivity index (χ0n) is 10.5. The molecule has 0 aliphatic rings. The second-order valence-electron chi connectivity index (χ2n) is 4.10. The summed E-state index contributed by atoms with van der Waals surface area (Å²) in [5, 5.41) is 16.2. The maximum absolute atomic E-state index is 11.5. The van der Waals surface area contributed by atoms with E-state index >= 15 is 0 Å². The Hall–Kier alpha value is -2.42. The van der Waals surface area contributed by atoms with Crippen LogP contribution < -0.4 is 4.72 Å². The fourth-order valence-corrected chi connectivity index (χ4v) is 2.50. The van der Waals surface area contributed by atoms with Crippen LogP contribution in [0, 0.1) is 0 Å². The topological polar surface area (TPSA) is 114 Å². The zero-order chi connectivity index (χ0) is 14.8. The van der Waals surface area contributed by atoms with Crippen molar-refractivity contribution in [2.75, 3.05) is 10.5 Å². The fraction of sp³-hybridized carbons (Fsp3) is 0.182. The number of aryl methyl sites for hydroxylation is 1. The summed E-state index contributed by atoms with van der Waals surface area (Å²) in [7, 11) is -2.10. The van der Waals surface area contributed by atoms with Crippen molar-refractivity contribution in [3.8, 4) is 11.4 Å². The molecule has 0 aliphatic heterocycles. The van der Waals surface area contributed by atoms with E-state index < -0.39 is 21.7 Å². The van der Waals surface area contributed by atoms with Crippen molar-refractivity contribution in [2.24, 2.45) is 7.05 Å². The van der Waals surface area contributed by atoms with Gasteiger partial charge in [0.05, 0.1) is 0 Å². The molecule has 0 saturated heterocycles. The molecule has 0 spiro atoms. The minimum Gasteiger partial charge on any atom is -0.480 e. The summed E-state index contributed by atoms with van der Waals surface area (Å²) in [5.74, 6) is -1.74. The number of sulfonamides is 1. The highest BCUT2D eigenvalue weighted by Crippen LogP contribution is 2.19. The summed E-state index contributed by atoms with van der Waals surface area (Å²) in [5.41, 5.74) is 1.06. The maximum atomic E-state index is 11.5. The van der Waals surface area contributed by atoms with Gasteiger partial charge < -0.3 is 9.67 Å². The van der Waals surface area contributed by atoms with Crippen LogP contribution in [-0.4, -0.2) is 40.0 Å². The Labute approximate surface area is 115 Å². The van der Waals surface area contributed by atoms with Gasteiger partial charge in [-0.05, 0) is 24.3 Å². The molecule has 2 aromatic rings. The van der Waals surface area contributed by atoms with Crippen LogP contribution in [0.1, 0.15) is 0 Å². The number of carbonyl (C=O) groups is 1. The van der Waals surface area contributed by atoms with Gasteiger partial charge >= 0.3 is 5.97 Å². The molecule has 2 rings (SSSR count). The predicted octanol–water partition coefficient (Wildman–Crippen LogP) is 0.308. The lowest BCUT2D eigenvalue weighted by Crippen LogP contribution is -2.22. The first-order valence-corrected chi connectivity index (χ1v) is 7.19. The number of carboxylic acids is 1. The number of benzene rings is 1. The molecule has 0 bridgehead atoms. The van der Waals surface area contributed by atoms with E-state index in [1.54, 1.807) is 30.1 Å². The highest BCUT2D eigenvalue weighted by molar-refractivity contribution is 7.93. The molecule has 0 saturated carbocycles. The molecule has 2 N–H and O–H groups in total. The van der Waals surface area contributed by atoms with Crippen LogP contribution in [0.15, 0.2) is 30.6 Å². The molecule has 8 nitrogen and oxygen atoms in total. The number of carboxylic acid groups (broad SMARTS) is 1. The van der Waals surface area contributed by atoms with Gasteiger partial charge in [-0.2, -0.15) is 0 Å². The van der Waals surface area contributed by atoms with Crippen LogP contribution in [0.5, 0.6) is 0 Å². The highest BCUT2D eigenvalue weighted by Gasteiger charge is 2.15. The number of hydrogen-bond acceptors (Lipinski definition) is 5. The highest BCUT2D eigenvalue weighted by atomic mass is 32.2. The molecule has 0 fully saturated rings. The van der Waals surface area contributed by atoms with Crippen LogP contribution >= 0.6 is 0 Å². The van der Waals surface area contributed by atoms with E-state index in [9.17, 15) is 13.2 Å². The maximum Gasteiger partial charge on any atom is 0.320 e. The molecule has 0 unspecified atom stereocenters. The minimum absolute atomic E-state index is 0.289. The quantitative estimate of drug-likeness (QED) is 0.820. The lowest BCUT2D eigenvalue weighted by molar-refractivity contribution is -0.134. The van der Waals surface area contributed by atoms with Crippen molar-refractivity contribution in [2.45, 2.75) is 0 Å². The molecule has 0 aliphatic carbocycles. The lowest BCUT2D eigenvalue weighted by atomic mass is 10.2. The number of nitrogens with zero attached hydrogens (tertiary/aromatic N) is 3. The summed E-state index contributed by atoms with van der Waals surface area (Å²) < 4.78 is 26.8. The number of hydrogen-bond donors (Lipinski definition) is 2. The van der Waals surface area contributed by atoms with Crippen LogP contribution in [0.3, 0.4) is 0 Å². The predicted molar refractivity (Wildman–Crippen MR) is 71.5 cm³/mol. The van der Waals surface area contributed by atoms with Gasteiger partial charge in [-0.25, -0.2) is 8.42 Å². The first kappa shape index (κ1) is 14.0. The number of nitrogens with one attached hydrogen (secondary N) is 1. The van der Waals surface area contributed by atoms with Crippen LogP contribution in [0.4, 0.5) is 5.69 Å². The Bertz CT molecular complexity index is 721. The first-order chi connectivity index (χ1) is 9.37. The number of anilines is 1. The van der Waals surface area contributed by atoms with Gasteiger partial charge in [0.25, 0.3) is 0 Å². The molecular weight excluding hydrogens is 284 g/mol. The van der Waals surface area contributed by atoms with Gasteiger partial charge in [-0.15, -0.1) is 10.2 Å². The molecule has 9 heteroatoms. The molecule has 0 radical (unpaired) electrons. The van der Waals surface area contributed by atoms with Gasteiger partial charge in [0.1, 0.15) is 6.33 Å². The number of aliphatic carboxylic acids is 1. The molecule has 1 aromatic carbocycles. The summed E-state index contributed by atoms with van der Waals surface area (Å²) >= 11 is 0. The number of rotatable bonds is 5. The van der Waals surface area contributed by atoms with E-state index in [2.05, 4.69) is 14.9 Å². The van der Waals surface area contributed by atoms with Crippen molar-refractivity contribution < 1.29 is 18.3 Å². The van der Waals surface area contributed by atoms with Crippen LogP contribution in [0.25, 0.3) is 11.4 Å². The largest absolute Gasteiger partial charge is 0.480 e. The van der Waals surface area contributed by atoms with E-state index in [1.807, 2.05) is 0 Å². The van der Waals surface area contributed by atoms with Gasteiger partial charge in [0, 0.05) is 18.3 Å². The lowest BCUT2D eigenvalue weighted by Gasteiger charge is -2.07. The van der Waals surface area contributed by atoms with Crippen molar-refractivity contribution in [1.82, 2.24) is 14.8 Å². The van der Waals surface area contributed by atoms with Crippen molar-refractivity contribution in [1.29, 1.82) is 0 Å². The zero-order valence-corrected chi connectivity index (χ0v) is 11.3. The molecule has 1 heterocycles. The normalized spacial score (nSPS) is 11.2. The minimum atomic E-state index is -3.89. The second-order valence-corrected chi connectivity index (χ2v) is 5.82. The Morgan fingerprint density at radius 2 is 2.00 bits per heavy atom. The molecule has 0 amide bonds. The molecule has 106 valence electrons. The smallest absolute Gasteiger partial charge is 0.320 e.